The lowest BCUT2D eigenvalue weighted by Crippen LogP contribution is -2.48. The average Bonchev–Trinajstić information content (AvgIpc) is 3.79. The van der Waals surface area contributed by atoms with Crippen LogP contribution < -0.4 is 21.3 Å². The van der Waals surface area contributed by atoms with Crippen molar-refractivity contribution in [1.29, 1.82) is 0 Å². The second-order valence-corrected chi connectivity index (χ2v) is 17.4. The Morgan fingerprint density at radius 2 is 1.56 bits per heavy atom. The summed E-state index contributed by atoms with van der Waals surface area (Å²) in [5.74, 6) is -0.226. The summed E-state index contributed by atoms with van der Waals surface area (Å²) >= 11 is 0. The Balaban J connectivity index is 1.08. The third kappa shape index (κ3) is 12.7. The van der Waals surface area contributed by atoms with Crippen LogP contribution >= 0.6 is 0 Å². The van der Waals surface area contributed by atoms with E-state index in [1.54, 1.807) is 30.5 Å². The third-order valence-corrected chi connectivity index (χ3v) is 11.9. The maximum absolute atomic E-state index is 13.9. The lowest BCUT2D eigenvalue weighted by atomic mass is 9.81. The third-order valence-electron chi connectivity index (χ3n) is 11.9. The first-order valence-electron chi connectivity index (χ1n) is 21.8. The molecule has 1 atom stereocenters. The van der Waals surface area contributed by atoms with E-state index in [0.717, 1.165) is 79.4 Å². The summed E-state index contributed by atoms with van der Waals surface area (Å²) in [5.41, 5.74) is 4.77. The molecule has 0 aliphatic heterocycles. The quantitative estimate of drug-likeness (QED) is 0.0869. The number of aryl methyl sites for hydroxylation is 1. The van der Waals surface area contributed by atoms with E-state index in [0.29, 0.717) is 42.6 Å². The van der Waals surface area contributed by atoms with Crippen molar-refractivity contribution >= 4 is 29.5 Å². The summed E-state index contributed by atoms with van der Waals surface area (Å²) in [7, 11) is 0. The first-order valence-corrected chi connectivity index (χ1v) is 21.8. The highest BCUT2D eigenvalue weighted by Gasteiger charge is 2.31. The van der Waals surface area contributed by atoms with Crippen LogP contribution in [0.2, 0.25) is 0 Å². The molecule has 0 unspecified atom stereocenters. The van der Waals surface area contributed by atoms with Crippen molar-refractivity contribution in [3.05, 3.63) is 77.6 Å². The number of carbonyl (C=O) groups excluding carboxylic acids is 4. The van der Waals surface area contributed by atoms with Gasteiger partial charge >= 0.3 is 6.09 Å². The predicted octanol–water partition coefficient (Wildman–Crippen LogP) is 6.62. The molecule has 2 aliphatic carbocycles. The Kier molecular flexibility index (Phi) is 15.2. The molecule has 2 aliphatic rings. The van der Waals surface area contributed by atoms with Crippen molar-refractivity contribution < 1.29 is 23.9 Å². The second kappa shape index (κ2) is 20.7. The van der Waals surface area contributed by atoms with Crippen LogP contribution in [0.15, 0.2) is 60.8 Å². The number of rotatable bonds is 15. The van der Waals surface area contributed by atoms with E-state index < -0.39 is 17.7 Å². The maximum atomic E-state index is 13.9. The smallest absolute Gasteiger partial charge is 0.407 e. The fraction of sp³-hybridized carbons (Fsp3) is 0.522. The highest BCUT2D eigenvalue weighted by atomic mass is 16.6. The summed E-state index contributed by atoms with van der Waals surface area (Å²) in [5, 5.41) is 26.2. The number of nitrogens with one attached hydrogen (secondary N) is 5. The molecule has 2 aromatic carbocycles. The molecular formula is C46H62N10O5. The van der Waals surface area contributed by atoms with E-state index in [2.05, 4.69) is 65.6 Å². The van der Waals surface area contributed by atoms with E-state index >= 15 is 0 Å². The molecule has 15 nitrogen and oxygen atoms in total. The number of carbonyl (C=O) groups is 4. The van der Waals surface area contributed by atoms with Gasteiger partial charge in [-0.05, 0) is 150 Å². The van der Waals surface area contributed by atoms with Gasteiger partial charge in [-0.25, -0.2) is 4.79 Å². The first kappa shape index (κ1) is 44.8. The summed E-state index contributed by atoms with van der Waals surface area (Å²) in [6, 6.07) is 16.7. The number of benzene rings is 2. The molecule has 61 heavy (non-hydrogen) atoms. The summed E-state index contributed by atoms with van der Waals surface area (Å²) < 4.78 is 5.37. The number of H-pyrrole nitrogens is 1. The number of aromatic nitrogens is 5. The minimum absolute atomic E-state index is 0.145. The molecular weight excluding hydrogens is 773 g/mol. The van der Waals surface area contributed by atoms with Gasteiger partial charge in [-0.1, -0.05) is 38.1 Å². The van der Waals surface area contributed by atoms with Gasteiger partial charge in [0.2, 0.25) is 17.6 Å². The van der Waals surface area contributed by atoms with Crippen LogP contribution in [-0.4, -0.2) is 97.7 Å². The molecule has 15 heteroatoms. The number of amides is 4. The number of nitrogens with zero attached hydrogens (tertiary/aromatic N) is 5. The lowest BCUT2D eigenvalue weighted by Gasteiger charge is -2.36. The number of hydrogen-bond acceptors (Lipinski definition) is 10. The van der Waals surface area contributed by atoms with Crippen LogP contribution in [0, 0.1) is 18.8 Å². The van der Waals surface area contributed by atoms with Crippen LogP contribution in [0.5, 0.6) is 0 Å². The fourth-order valence-corrected chi connectivity index (χ4v) is 8.51. The van der Waals surface area contributed by atoms with Crippen LogP contribution in [0.4, 0.5) is 10.5 Å². The van der Waals surface area contributed by atoms with Crippen molar-refractivity contribution in [2.24, 2.45) is 11.8 Å². The van der Waals surface area contributed by atoms with Gasteiger partial charge in [-0.3, -0.25) is 19.4 Å². The number of aromatic amines is 1. The molecule has 0 saturated heterocycles. The Morgan fingerprint density at radius 1 is 0.885 bits per heavy atom. The Bertz CT molecular complexity index is 2060. The van der Waals surface area contributed by atoms with Crippen LogP contribution in [-0.2, 0) is 20.7 Å². The number of alkyl carbamates (subject to hydrolysis) is 1. The maximum Gasteiger partial charge on any atom is 0.407 e. The molecule has 2 aromatic heterocycles. The average molecular weight is 835 g/mol. The molecule has 4 aromatic rings. The molecule has 5 N–H and O–H groups in total. The molecule has 0 spiro atoms. The lowest BCUT2D eigenvalue weighted by molar-refractivity contribution is -0.130. The van der Waals surface area contributed by atoms with Crippen molar-refractivity contribution in [1.82, 2.24) is 46.5 Å². The topological polar surface area (TPSA) is 196 Å². The van der Waals surface area contributed by atoms with E-state index in [1.807, 2.05) is 58.0 Å². The number of anilines is 1. The molecule has 6 rings (SSSR count). The van der Waals surface area contributed by atoms with E-state index in [1.165, 1.54) is 0 Å². The minimum Gasteiger partial charge on any atom is -0.444 e. The van der Waals surface area contributed by atoms with Crippen LogP contribution in [0.3, 0.4) is 0 Å². The molecule has 2 heterocycles. The first-order chi connectivity index (χ1) is 29.3. The van der Waals surface area contributed by atoms with E-state index in [9.17, 15) is 19.2 Å². The van der Waals surface area contributed by atoms with Crippen molar-refractivity contribution in [2.45, 2.75) is 123 Å². The van der Waals surface area contributed by atoms with Crippen LogP contribution in [0.25, 0.3) is 22.5 Å². The van der Waals surface area contributed by atoms with Gasteiger partial charge in [0.1, 0.15) is 17.3 Å². The fourth-order valence-electron chi connectivity index (χ4n) is 8.51. The van der Waals surface area contributed by atoms with E-state index in [4.69, 9.17) is 4.74 Å². The van der Waals surface area contributed by atoms with Crippen molar-refractivity contribution in [2.75, 3.05) is 25.0 Å². The summed E-state index contributed by atoms with van der Waals surface area (Å²) in [6.45, 7) is 14.5. The predicted molar refractivity (Wildman–Crippen MR) is 234 cm³/mol. The number of tetrazole rings is 1. The minimum atomic E-state index is -0.852. The Labute approximate surface area is 359 Å². The number of hydrogen-bond donors (Lipinski definition) is 5. The largest absolute Gasteiger partial charge is 0.444 e. The highest BCUT2D eigenvalue weighted by Crippen LogP contribution is 2.30. The highest BCUT2D eigenvalue weighted by molar-refractivity contribution is 5.98. The van der Waals surface area contributed by atoms with Gasteiger partial charge in [0.25, 0.3) is 5.91 Å². The SMILES string of the molecule is CCN(CC)C1CCC(NC(=O)c2cc(C)c(-c3ccc(C[C@H](NC(=O)C4CCC(CNC(=O)OC(C)(C)C)CC4)C(=O)Nc4ccc(-c5nn[nH]n5)cc4)cc3)cn2)CC1. The zero-order chi connectivity index (χ0) is 43.5. The van der Waals surface area contributed by atoms with Gasteiger partial charge in [0.05, 0.1) is 0 Å². The summed E-state index contributed by atoms with van der Waals surface area (Å²) in [6.07, 6.45) is 8.53. The molecule has 2 saturated carbocycles. The van der Waals surface area contributed by atoms with Gasteiger partial charge in [0.15, 0.2) is 0 Å². The van der Waals surface area contributed by atoms with Gasteiger partial charge in [0, 0.05) is 54.0 Å². The number of pyridine rings is 1. The molecule has 326 valence electrons. The molecule has 0 bridgehead atoms. The monoisotopic (exact) mass is 834 g/mol. The van der Waals surface area contributed by atoms with Gasteiger partial charge in [-0.2, -0.15) is 5.21 Å². The Morgan fingerprint density at radius 3 is 2.16 bits per heavy atom. The zero-order valence-electron chi connectivity index (χ0n) is 36.4. The molecule has 0 radical (unpaired) electrons. The Hall–Kier alpha value is -5.70. The molecule has 2 fully saturated rings. The summed E-state index contributed by atoms with van der Waals surface area (Å²) in [4.78, 5) is 60.1. The van der Waals surface area contributed by atoms with Crippen LogP contribution in [0.1, 0.15) is 108 Å². The second-order valence-electron chi connectivity index (χ2n) is 17.4. The van der Waals surface area contributed by atoms with Crippen molar-refractivity contribution in [3.63, 3.8) is 0 Å². The zero-order valence-corrected chi connectivity index (χ0v) is 36.4. The van der Waals surface area contributed by atoms with Gasteiger partial charge < -0.3 is 30.9 Å². The van der Waals surface area contributed by atoms with Crippen molar-refractivity contribution in [3.8, 4) is 22.5 Å². The standard InChI is InChI=1S/C46H62N10O5/c1-7-56(8-2)37-23-21-36(22-24-37)49-43(58)39-25-29(3)38(28-47-39)32-13-9-30(10-14-32)26-40(44(59)50-35-19-17-33(18-20-35)41-52-54-55-53-41)51-42(57)34-15-11-31(12-16-34)27-48-45(60)61-46(4,5)6/h9-10,13-14,17-20,25,28,31,34,36-37,40H,7-8,11-12,15-16,21-24,26-27H2,1-6H3,(H,48,60)(H,49,58)(H,50,59)(H,51,57)(H,52,53,54,55)/t31?,34?,36?,37?,40-/m0/s1. The van der Waals surface area contributed by atoms with E-state index in [-0.39, 0.29) is 42.0 Å². The number of ether oxygens (including phenoxy) is 1. The normalized spacial score (nSPS) is 19.7. The molecule has 4 amide bonds. The van der Waals surface area contributed by atoms with Gasteiger partial charge in [-0.15, -0.1) is 10.2 Å².